The molecule has 0 amide bonds. The molecule has 3 rings (SSSR count). The summed E-state index contributed by atoms with van der Waals surface area (Å²) in [7, 11) is 0. The van der Waals surface area contributed by atoms with Gasteiger partial charge in [0.15, 0.2) is 0 Å². The molecule has 1 heterocycles. The predicted octanol–water partition coefficient (Wildman–Crippen LogP) is 4.03. The highest BCUT2D eigenvalue weighted by atomic mass is 32.1. The summed E-state index contributed by atoms with van der Waals surface area (Å²) in [5, 5.41) is 18.0. The molecule has 3 heteroatoms. The lowest BCUT2D eigenvalue weighted by Gasteiger charge is -2.37. The van der Waals surface area contributed by atoms with E-state index in [9.17, 15) is 5.11 Å². The number of nitrogens with one attached hydrogen (secondary N) is 1. The Labute approximate surface area is 124 Å². The van der Waals surface area contributed by atoms with E-state index in [1.54, 1.807) is 11.3 Å². The van der Waals surface area contributed by atoms with Gasteiger partial charge in [-0.3, -0.25) is 0 Å². The van der Waals surface area contributed by atoms with E-state index >= 15 is 0 Å². The Kier molecular flexibility index (Phi) is 4.11. The maximum absolute atomic E-state index is 11.1. The Morgan fingerprint density at radius 2 is 2.10 bits per heavy atom. The first-order valence-electron chi connectivity index (χ1n) is 7.65. The van der Waals surface area contributed by atoms with Crippen molar-refractivity contribution in [2.24, 2.45) is 0 Å². The second-order valence-corrected chi connectivity index (χ2v) is 6.82. The molecule has 0 atom stereocenters. The second-order valence-electron chi connectivity index (χ2n) is 5.90. The summed E-state index contributed by atoms with van der Waals surface area (Å²) < 4.78 is 1.26. The lowest BCUT2D eigenvalue weighted by atomic mass is 9.77. The van der Waals surface area contributed by atoms with E-state index in [2.05, 4.69) is 41.9 Å². The topological polar surface area (TPSA) is 32.3 Å². The molecule has 20 heavy (non-hydrogen) atoms. The monoisotopic (exact) mass is 289 g/mol. The molecule has 1 aromatic carbocycles. The molecule has 2 N–H and O–H groups in total. The third kappa shape index (κ3) is 2.62. The molecule has 0 spiro atoms. The molecule has 0 saturated heterocycles. The van der Waals surface area contributed by atoms with Crippen LogP contribution < -0.4 is 5.32 Å². The quantitative estimate of drug-likeness (QED) is 0.890. The number of hydrogen-bond donors (Lipinski definition) is 2. The molecular formula is C17H23NOS. The van der Waals surface area contributed by atoms with Crippen LogP contribution >= 0.6 is 11.3 Å². The van der Waals surface area contributed by atoms with Crippen LogP contribution in [0.1, 0.15) is 44.6 Å². The van der Waals surface area contributed by atoms with Gasteiger partial charge in [0.25, 0.3) is 0 Å². The van der Waals surface area contributed by atoms with Crippen molar-refractivity contribution >= 4 is 21.4 Å². The molecule has 2 nitrogen and oxygen atoms in total. The minimum atomic E-state index is -0.630. The van der Waals surface area contributed by atoms with Gasteiger partial charge in [-0.1, -0.05) is 25.1 Å². The Bertz CT molecular complexity index is 569. The molecule has 108 valence electrons. The highest BCUT2D eigenvalue weighted by molar-refractivity contribution is 7.17. The summed E-state index contributed by atoms with van der Waals surface area (Å²) in [5.41, 5.74) is 0.508. The van der Waals surface area contributed by atoms with Crippen LogP contribution in [0.2, 0.25) is 0 Å². The number of hydrogen-bond acceptors (Lipinski definition) is 3. The fourth-order valence-electron chi connectivity index (χ4n) is 3.28. The number of aliphatic hydroxyl groups is 1. The number of thiophene rings is 1. The molecule has 1 saturated carbocycles. The van der Waals surface area contributed by atoms with Crippen molar-refractivity contribution < 1.29 is 5.11 Å². The van der Waals surface area contributed by atoms with E-state index in [1.807, 2.05) is 0 Å². The zero-order chi connectivity index (χ0) is 14.0. The van der Waals surface area contributed by atoms with Gasteiger partial charge in [-0.15, -0.1) is 11.3 Å². The van der Waals surface area contributed by atoms with E-state index in [4.69, 9.17) is 0 Å². The third-order valence-electron chi connectivity index (χ3n) is 4.48. The molecule has 0 radical (unpaired) electrons. The summed E-state index contributed by atoms with van der Waals surface area (Å²) in [6.45, 7) is 3.28. The molecule has 1 fully saturated rings. The molecule has 1 aliphatic carbocycles. The molecule has 0 bridgehead atoms. The standard InChI is InChI=1S/C17H23NOS/c1-2-11-18-14-6-9-17(19,10-7-14)15-5-3-4-13-8-12-20-16(13)15/h3-5,8,12,14,18-19H,2,6-7,9-11H2,1H3. The first-order chi connectivity index (χ1) is 9.73. The summed E-state index contributed by atoms with van der Waals surface area (Å²) in [5.74, 6) is 0. The SMILES string of the molecule is CCCNC1CCC(O)(c2cccc3ccsc23)CC1. The van der Waals surface area contributed by atoms with Crippen molar-refractivity contribution in [1.82, 2.24) is 5.32 Å². The average molecular weight is 289 g/mol. The average Bonchev–Trinajstić information content (AvgIpc) is 2.95. The molecule has 1 aromatic heterocycles. The van der Waals surface area contributed by atoms with Gasteiger partial charge in [0.2, 0.25) is 0 Å². The first-order valence-corrected chi connectivity index (χ1v) is 8.53. The minimum absolute atomic E-state index is 0.581. The maximum atomic E-state index is 11.1. The first kappa shape index (κ1) is 14.1. The zero-order valence-electron chi connectivity index (χ0n) is 12.1. The van der Waals surface area contributed by atoms with E-state index in [1.165, 1.54) is 16.5 Å². The predicted molar refractivity (Wildman–Crippen MR) is 86.3 cm³/mol. The van der Waals surface area contributed by atoms with Gasteiger partial charge in [0, 0.05) is 16.3 Å². The summed E-state index contributed by atoms with van der Waals surface area (Å²) in [6.07, 6.45) is 5.04. The largest absolute Gasteiger partial charge is 0.385 e. The molecule has 0 unspecified atom stereocenters. The van der Waals surface area contributed by atoms with Gasteiger partial charge in [-0.2, -0.15) is 0 Å². The van der Waals surface area contributed by atoms with Crippen LogP contribution in [0, 0.1) is 0 Å². The van der Waals surface area contributed by atoms with Gasteiger partial charge in [-0.25, -0.2) is 0 Å². The lowest BCUT2D eigenvalue weighted by molar-refractivity contribution is -0.00680. The number of fused-ring (bicyclic) bond motifs is 1. The zero-order valence-corrected chi connectivity index (χ0v) is 12.9. The van der Waals surface area contributed by atoms with E-state index < -0.39 is 5.60 Å². The van der Waals surface area contributed by atoms with Gasteiger partial charge < -0.3 is 10.4 Å². The van der Waals surface area contributed by atoms with Crippen molar-refractivity contribution in [3.05, 3.63) is 35.2 Å². The van der Waals surface area contributed by atoms with Crippen LogP contribution in [-0.2, 0) is 5.60 Å². The van der Waals surface area contributed by atoms with Crippen molar-refractivity contribution in [3.8, 4) is 0 Å². The van der Waals surface area contributed by atoms with Crippen LogP contribution in [0.3, 0.4) is 0 Å². The Hall–Kier alpha value is -0.900. The highest BCUT2D eigenvalue weighted by Gasteiger charge is 2.35. The highest BCUT2D eigenvalue weighted by Crippen LogP contribution is 2.41. The van der Waals surface area contributed by atoms with Gasteiger partial charge in [0.05, 0.1) is 5.60 Å². The van der Waals surface area contributed by atoms with Gasteiger partial charge >= 0.3 is 0 Å². The maximum Gasteiger partial charge on any atom is 0.0911 e. The van der Waals surface area contributed by atoms with Crippen LogP contribution in [-0.4, -0.2) is 17.7 Å². The smallest absolute Gasteiger partial charge is 0.0911 e. The van der Waals surface area contributed by atoms with Crippen LogP contribution in [0.25, 0.3) is 10.1 Å². The fourth-order valence-corrected chi connectivity index (χ4v) is 4.28. The molecule has 2 aromatic rings. The van der Waals surface area contributed by atoms with Crippen LogP contribution in [0.4, 0.5) is 0 Å². The number of rotatable bonds is 4. The van der Waals surface area contributed by atoms with Crippen molar-refractivity contribution in [1.29, 1.82) is 0 Å². The molecular weight excluding hydrogens is 266 g/mol. The second kappa shape index (κ2) is 5.84. The van der Waals surface area contributed by atoms with E-state index in [0.29, 0.717) is 6.04 Å². The summed E-state index contributed by atoms with van der Waals surface area (Å²) in [6, 6.07) is 9.04. The Balaban J connectivity index is 1.79. The van der Waals surface area contributed by atoms with Crippen molar-refractivity contribution in [3.63, 3.8) is 0 Å². The lowest BCUT2D eigenvalue weighted by Crippen LogP contribution is -2.40. The number of benzene rings is 1. The molecule has 1 aliphatic rings. The van der Waals surface area contributed by atoms with Crippen molar-refractivity contribution in [2.45, 2.75) is 50.7 Å². The Morgan fingerprint density at radius 1 is 1.30 bits per heavy atom. The van der Waals surface area contributed by atoms with Crippen molar-refractivity contribution in [2.75, 3.05) is 6.54 Å². The minimum Gasteiger partial charge on any atom is -0.385 e. The van der Waals surface area contributed by atoms with Gasteiger partial charge in [-0.05, 0) is 55.5 Å². The summed E-state index contributed by atoms with van der Waals surface area (Å²) >= 11 is 1.75. The normalized spacial score (nSPS) is 27.0. The van der Waals surface area contributed by atoms with Crippen LogP contribution in [0.15, 0.2) is 29.6 Å². The van der Waals surface area contributed by atoms with E-state index in [0.717, 1.165) is 37.8 Å². The fraction of sp³-hybridized carbons (Fsp3) is 0.529. The summed E-state index contributed by atoms with van der Waals surface area (Å²) in [4.78, 5) is 0. The van der Waals surface area contributed by atoms with Crippen LogP contribution in [0.5, 0.6) is 0 Å². The van der Waals surface area contributed by atoms with E-state index in [-0.39, 0.29) is 0 Å². The third-order valence-corrected chi connectivity index (χ3v) is 5.44. The van der Waals surface area contributed by atoms with Gasteiger partial charge in [0.1, 0.15) is 0 Å². The Morgan fingerprint density at radius 3 is 2.85 bits per heavy atom. The molecule has 0 aliphatic heterocycles.